The van der Waals surface area contributed by atoms with Crippen LogP contribution in [0.5, 0.6) is 0 Å². The third kappa shape index (κ3) is 2.82. The fourth-order valence-corrected chi connectivity index (χ4v) is 2.78. The quantitative estimate of drug-likeness (QED) is 0.865. The summed E-state index contributed by atoms with van der Waals surface area (Å²) in [6.45, 7) is 5.29. The van der Waals surface area contributed by atoms with E-state index in [0.717, 1.165) is 38.5 Å². The first-order valence-corrected chi connectivity index (χ1v) is 7.28. The molecule has 0 amide bonds. The summed E-state index contributed by atoms with van der Waals surface area (Å²) >= 11 is 0. The smallest absolute Gasteiger partial charge is 0.149 e. The lowest BCUT2D eigenvalue weighted by Crippen LogP contribution is -2.39. The molecule has 1 aliphatic rings. The first-order valence-electron chi connectivity index (χ1n) is 7.28. The molecule has 1 aromatic carbocycles. The van der Waals surface area contributed by atoms with Crippen LogP contribution in [0, 0.1) is 5.82 Å². The minimum atomic E-state index is -0.291. The molecule has 5 nitrogen and oxygen atoms in total. The molecule has 2 heterocycles. The molecule has 21 heavy (non-hydrogen) atoms. The molecule has 112 valence electrons. The van der Waals surface area contributed by atoms with E-state index in [2.05, 4.69) is 21.9 Å². The topological polar surface area (TPSA) is 43.2 Å². The van der Waals surface area contributed by atoms with Crippen LogP contribution < -0.4 is 0 Å². The molecule has 0 radical (unpaired) electrons. The lowest BCUT2D eigenvalue weighted by molar-refractivity contribution is 0.0129. The third-order valence-electron chi connectivity index (χ3n) is 3.83. The van der Waals surface area contributed by atoms with Gasteiger partial charge in [0.1, 0.15) is 23.7 Å². The second-order valence-electron chi connectivity index (χ2n) is 5.05. The zero-order valence-electron chi connectivity index (χ0n) is 12.1. The van der Waals surface area contributed by atoms with Gasteiger partial charge in [0.15, 0.2) is 0 Å². The number of nitrogens with zero attached hydrogens (tertiary/aromatic N) is 4. The molecule has 0 bridgehead atoms. The average molecular weight is 290 g/mol. The van der Waals surface area contributed by atoms with Crippen molar-refractivity contribution in [2.45, 2.75) is 19.4 Å². The Kier molecular flexibility index (Phi) is 4.26. The predicted molar refractivity (Wildman–Crippen MR) is 76.7 cm³/mol. The molecular formula is C15H19FN4O. The third-order valence-corrected chi connectivity index (χ3v) is 3.83. The maximum Gasteiger partial charge on any atom is 0.149 e. The molecule has 1 saturated heterocycles. The van der Waals surface area contributed by atoms with Crippen LogP contribution in [-0.2, 0) is 4.74 Å². The maximum atomic E-state index is 14.0. The van der Waals surface area contributed by atoms with E-state index in [1.54, 1.807) is 22.9 Å². The summed E-state index contributed by atoms with van der Waals surface area (Å²) in [6.07, 6.45) is 2.39. The van der Waals surface area contributed by atoms with Crippen LogP contribution >= 0.6 is 0 Å². The average Bonchev–Trinajstić information content (AvgIpc) is 2.99. The fourth-order valence-electron chi connectivity index (χ4n) is 2.78. The lowest BCUT2D eigenvalue weighted by atomic mass is 10.1. The van der Waals surface area contributed by atoms with Gasteiger partial charge in [-0.15, -0.1) is 0 Å². The van der Waals surface area contributed by atoms with E-state index < -0.39 is 0 Å². The second-order valence-corrected chi connectivity index (χ2v) is 5.05. The normalized spacial score (nSPS) is 17.8. The minimum Gasteiger partial charge on any atom is -0.379 e. The van der Waals surface area contributed by atoms with Crippen LogP contribution in [0.3, 0.4) is 0 Å². The van der Waals surface area contributed by atoms with Crippen molar-refractivity contribution in [1.29, 1.82) is 0 Å². The molecule has 6 heteroatoms. The van der Waals surface area contributed by atoms with Gasteiger partial charge in [-0.05, 0) is 18.6 Å². The van der Waals surface area contributed by atoms with Gasteiger partial charge in [0.2, 0.25) is 0 Å². The first kappa shape index (κ1) is 14.2. The van der Waals surface area contributed by atoms with E-state index in [1.807, 2.05) is 0 Å². The van der Waals surface area contributed by atoms with E-state index in [9.17, 15) is 4.39 Å². The Labute approximate surface area is 123 Å². The Hall–Kier alpha value is -1.79. The molecule has 2 aromatic rings. The summed E-state index contributed by atoms with van der Waals surface area (Å²) in [4.78, 5) is 6.71. The van der Waals surface area contributed by atoms with Crippen molar-refractivity contribution in [3.63, 3.8) is 0 Å². The predicted octanol–water partition coefficient (Wildman–Crippen LogP) is 2.19. The van der Waals surface area contributed by atoms with E-state index in [-0.39, 0.29) is 11.9 Å². The zero-order chi connectivity index (χ0) is 14.7. The summed E-state index contributed by atoms with van der Waals surface area (Å²) < 4.78 is 21.0. The number of para-hydroxylation sites is 1. The molecule has 1 aromatic heterocycles. The van der Waals surface area contributed by atoms with E-state index in [0.29, 0.717) is 5.69 Å². The van der Waals surface area contributed by atoms with E-state index in [4.69, 9.17) is 4.74 Å². The van der Waals surface area contributed by atoms with Crippen molar-refractivity contribution >= 4 is 0 Å². The van der Waals surface area contributed by atoms with Crippen LogP contribution in [0.2, 0.25) is 0 Å². The van der Waals surface area contributed by atoms with Gasteiger partial charge >= 0.3 is 0 Å². The molecular weight excluding hydrogens is 271 g/mol. The van der Waals surface area contributed by atoms with Gasteiger partial charge in [-0.1, -0.05) is 19.1 Å². The first-order chi connectivity index (χ1) is 10.3. The van der Waals surface area contributed by atoms with Gasteiger partial charge in [0.25, 0.3) is 0 Å². The van der Waals surface area contributed by atoms with Crippen molar-refractivity contribution in [2.75, 3.05) is 26.3 Å². The molecule has 1 unspecified atom stereocenters. The van der Waals surface area contributed by atoms with Crippen molar-refractivity contribution in [3.8, 4) is 5.69 Å². The number of halogens is 1. The number of hydrogen-bond donors (Lipinski definition) is 0. The minimum absolute atomic E-state index is 0.121. The van der Waals surface area contributed by atoms with Crippen molar-refractivity contribution in [2.24, 2.45) is 0 Å². The number of morpholine rings is 1. The lowest BCUT2D eigenvalue weighted by Gasteiger charge is -2.33. The van der Waals surface area contributed by atoms with E-state index >= 15 is 0 Å². The highest BCUT2D eigenvalue weighted by Gasteiger charge is 2.26. The Morgan fingerprint density at radius 1 is 1.29 bits per heavy atom. The molecule has 0 saturated carbocycles. The zero-order valence-corrected chi connectivity index (χ0v) is 12.1. The molecule has 3 rings (SSSR count). The van der Waals surface area contributed by atoms with Gasteiger partial charge < -0.3 is 4.74 Å². The number of rotatable bonds is 4. The molecule has 0 aliphatic carbocycles. The van der Waals surface area contributed by atoms with Gasteiger partial charge in [0, 0.05) is 13.1 Å². The Morgan fingerprint density at radius 3 is 2.76 bits per heavy atom. The highest BCUT2D eigenvalue weighted by molar-refractivity contribution is 5.33. The molecule has 1 fully saturated rings. The standard InChI is InChI=1S/C15H19FN4O/c1-2-13(19-7-9-21-10-8-19)15-17-11-18-20(15)14-6-4-3-5-12(14)16/h3-6,11,13H,2,7-10H2,1H3. The fraction of sp³-hybridized carbons (Fsp3) is 0.467. The Morgan fingerprint density at radius 2 is 2.05 bits per heavy atom. The van der Waals surface area contributed by atoms with Crippen LogP contribution in [-0.4, -0.2) is 46.0 Å². The van der Waals surface area contributed by atoms with Crippen molar-refractivity contribution < 1.29 is 9.13 Å². The molecule has 1 atom stereocenters. The molecule has 0 N–H and O–H groups in total. The van der Waals surface area contributed by atoms with Crippen LogP contribution in [0.15, 0.2) is 30.6 Å². The van der Waals surface area contributed by atoms with Gasteiger partial charge in [0.05, 0.1) is 19.3 Å². The highest BCUT2D eigenvalue weighted by atomic mass is 19.1. The monoisotopic (exact) mass is 290 g/mol. The summed E-state index contributed by atoms with van der Waals surface area (Å²) in [5.41, 5.74) is 0.441. The maximum absolute atomic E-state index is 14.0. The Bertz CT molecular complexity index is 595. The van der Waals surface area contributed by atoms with Gasteiger partial charge in [-0.3, -0.25) is 4.90 Å². The van der Waals surface area contributed by atoms with Crippen molar-refractivity contribution in [1.82, 2.24) is 19.7 Å². The summed E-state index contributed by atoms with van der Waals surface area (Å²) in [6, 6.07) is 6.76. The number of ether oxygens (including phenoxy) is 1. The van der Waals surface area contributed by atoms with Crippen molar-refractivity contribution in [3.05, 3.63) is 42.2 Å². The second kappa shape index (κ2) is 6.32. The summed E-state index contributed by atoms with van der Waals surface area (Å²) in [7, 11) is 0. The number of benzene rings is 1. The number of hydrogen-bond acceptors (Lipinski definition) is 4. The summed E-state index contributed by atoms with van der Waals surface area (Å²) in [5, 5.41) is 4.22. The SMILES string of the molecule is CCC(c1ncnn1-c1ccccc1F)N1CCOCC1. The molecule has 0 spiro atoms. The van der Waals surface area contributed by atoms with Crippen LogP contribution in [0.1, 0.15) is 25.2 Å². The largest absolute Gasteiger partial charge is 0.379 e. The Balaban J connectivity index is 1.95. The van der Waals surface area contributed by atoms with Gasteiger partial charge in [-0.25, -0.2) is 14.1 Å². The number of aromatic nitrogens is 3. The highest BCUT2D eigenvalue weighted by Crippen LogP contribution is 2.25. The summed E-state index contributed by atoms with van der Waals surface area (Å²) in [5.74, 6) is 0.491. The van der Waals surface area contributed by atoms with E-state index in [1.165, 1.54) is 12.4 Å². The molecule has 1 aliphatic heterocycles. The van der Waals surface area contributed by atoms with Crippen LogP contribution in [0.4, 0.5) is 4.39 Å². The van der Waals surface area contributed by atoms with Gasteiger partial charge in [-0.2, -0.15) is 5.10 Å². The van der Waals surface area contributed by atoms with Crippen LogP contribution in [0.25, 0.3) is 5.69 Å².